The number of hydrogen-bond donors (Lipinski definition) is 1. The van der Waals surface area contributed by atoms with Gasteiger partial charge >= 0.3 is 0 Å². The van der Waals surface area contributed by atoms with Gasteiger partial charge in [0.05, 0.1) is 19.3 Å². The van der Waals surface area contributed by atoms with Gasteiger partial charge < -0.3 is 19.2 Å². The Morgan fingerprint density at radius 3 is 2.68 bits per heavy atom. The Kier molecular flexibility index (Phi) is 6.56. The number of carbonyl (C=O) groups is 1. The first-order chi connectivity index (χ1) is 13.1. The Morgan fingerprint density at radius 1 is 1.32 bits per heavy atom. The Morgan fingerprint density at radius 2 is 2.07 bits per heavy atom. The van der Waals surface area contributed by atoms with E-state index in [2.05, 4.69) is 39.2 Å². The minimum atomic E-state index is -2.05. The van der Waals surface area contributed by atoms with Crippen LogP contribution in [-0.2, 0) is 28.4 Å². The van der Waals surface area contributed by atoms with Crippen LogP contribution in [0.3, 0.4) is 0 Å². The standard InChI is InChI=1S/C19H36N2O6Si/c1-18(2,3)28(5,6)27-15-12-25-21-19(15,11-14(26-21)17(22)20-4)13-24-16-9-7-8-10-23-16/h14-16H,7-13H2,1-6H3,(H,20,22). The van der Waals surface area contributed by atoms with Crippen molar-refractivity contribution in [3.63, 3.8) is 0 Å². The minimum absolute atomic E-state index is 0.0641. The van der Waals surface area contributed by atoms with E-state index in [1.54, 1.807) is 7.05 Å². The molecule has 0 aromatic heterocycles. The van der Waals surface area contributed by atoms with Crippen molar-refractivity contribution < 1.29 is 28.4 Å². The molecular formula is C19H36N2O6Si. The van der Waals surface area contributed by atoms with E-state index in [1.807, 2.05) is 0 Å². The topological polar surface area (TPSA) is 78.5 Å². The van der Waals surface area contributed by atoms with Crippen molar-refractivity contribution >= 4 is 14.2 Å². The van der Waals surface area contributed by atoms with Crippen molar-refractivity contribution in [1.29, 1.82) is 0 Å². The summed E-state index contributed by atoms with van der Waals surface area (Å²) >= 11 is 0. The summed E-state index contributed by atoms with van der Waals surface area (Å²) in [5.74, 6) is -0.169. The van der Waals surface area contributed by atoms with Crippen molar-refractivity contribution in [3.8, 4) is 0 Å². The average Bonchev–Trinajstić information content (AvgIpc) is 3.16. The quantitative estimate of drug-likeness (QED) is 0.666. The molecule has 4 atom stereocenters. The molecule has 4 unspecified atom stereocenters. The summed E-state index contributed by atoms with van der Waals surface area (Å²) in [4.78, 5) is 23.9. The Labute approximate surface area is 169 Å². The number of carbonyl (C=O) groups excluding carboxylic acids is 1. The fourth-order valence-corrected chi connectivity index (χ4v) is 4.97. The monoisotopic (exact) mass is 416 g/mol. The maximum Gasteiger partial charge on any atom is 0.251 e. The van der Waals surface area contributed by atoms with Crippen molar-refractivity contribution in [3.05, 3.63) is 0 Å². The van der Waals surface area contributed by atoms with Gasteiger partial charge in [-0.05, 0) is 37.4 Å². The van der Waals surface area contributed by atoms with Crippen LogP contribution in [0.15, 0.2) is 0 Å². The van der Waals surface area contributed by atoms with Gasteiger partial charge in [0.25, 0.3) is 5.91 Å². The molecule has 3 aliphatic rings. The molecule has 3 saturated heterocycles. The zero-order chi connectivity index (χ0) is 20.6. The van der Waals surface area contributed by atoms with E-state index in [9.17, 15) is 4.79 Å². The van der Waals surface area contributed by atoms with Crippen molar-refractivity contribution in [2.75, 3.05) is 26.9 Å². The highest BCUT2D eigenvalue weighted by Gasteiger charge is 2.62. The molecule has 9 heteroatoms. The van der Waals surface area contributed by atoms with Gasteiger partial charge in [-0.1, -0.05) is 26.0 Å². The van der Waals surface area contributed by atoms with Crippen LogP contribution >= 0.6 is 0 Å². The van der Waals surface area contributed by atoms with Gasteiger partial charge in [0, 0.05) is 20.1 Å². The van der Waals surface area contributed by atoms with Crippen LogP contribution in [0.25, 0.3) is 0 Å². The molecule has 0 aromatic rings. The summed E-state index contributed by atoms with van der Waals surface area (Å²) in [5.41, 5.74) is -0.659. The first kappa shape index (κ1) is 22.1. The number of hydrogen-bond acceptors (Lipinski definition) is 7. The highest BCUT2D eigenvalue weighted by Crippen LogP contribution is 2.46. The van der Waals surface area contributed by atoms with Gasteiger partial charge in [-0.2, -0.15) is 0 Å². The second kappa shape index (κ2) is 8.29. The molecule has 3 heterocycles. The first-order valence-corrected chi connectivity index (χ1v) is 13.2. The van der Waals surface area contributed by atoms with Crippen LogP contribution in [0.4, 0.5) is 0 Å². The Hall–Kier alpha value is -0.553. The molecule has 3 fully saturated rings. The number of nitrogens with one attached hydrogen (secondary N) is 1. The zero-order valence-electron chi connectivity index (χ0n) is 18.1. The van der Waals surface area contributed by atoms with E-state index in [1.165, 1.54) is 5.23 Å². The predicted molar refractivity (Wildman–Crippen MR) is 106 cm³/mol. The van der Waals surface area contributed by atoms with Crippen LogP contribution in [-0.4, -0.2) is 70.4 Å². The molecule has 162 valence electrons. The Balaban J connectivity index is 1.79. The highest BCUT2D eigenvalue weighted by atomic mass is 28.4. The van der Waals surface area contributed by atoms with Crippen molar-refractivity contribution in [2.45, 2.75) is 88.6 Å². The average molecular weight is 417 g/mol. The molecule has 3 aliphatic heterocycles. The lowest BCUT2D eigenvalue weighted by Gasteiger charge is -2.42. The van der Waals surface area contributed by atoms with E-state index in [-0.39, 0.29) is 23.3 Å². The molecule has 0 saturated carbocycles. The molecule has 0 aliphatic carbocycles. The number of ether oxygens (including phenoxy) is 2. The maximum absolute atomic E-state index is 12.2. The SMILES string of the molecule is CNC(=O)C1CC2(COC3CCCCO3)C(O[Si](C)(C)C(C)(C)C)CON2O1. The lowest BCUT2D eigenvalue weighted by atomic mass is 9.89. The number of likely N-dealkylation sites (N-methyl/N-ethyl adjacent to an activating group) is 1. The number of amides is 1. The van der Waals surface area contributed by atoms with Gasteiger partial charge in [-0.3, -0.25) is 14.5 Å². The highest BCUT2D eigenvalue weighted by molar-refractivity contribution is 6.74. The van der Waals surface area contributed by atoms with Crippen molar-refractivity contribution in [1.82, 2.24) is 10.5 Å². The lowest BCUT2D eigenvalue weighted by Crippen LogP contribution is -2.56. The van der Waals surface area contributed by atoms with Gasteiger partial charge in [0.15, 0.2) is 20.7 Å². The third-order valence-electron chi connectivity index (χ3n) is 6.51. The number of fused-ring (bicyclic) bond motifs is 1. The van der Waals surface area contributed by atoms with Crippen LogP contribution < -0.4 is 5.32 Å². The lowest BCUT2D eigenvalue weighted by molar-refractivity contribution is -0.362. The largest absolute Gasteiger partial charge is 0.409 e. The minimum Gasteiger partial charge on any atom is -0.409 e. The van der Waals surface area contributed by atoms with E-state index in [4.69, 9.17) is 23.6 Å². The maximum atomic E-state index is 12.2. The summed E-state index contributed by atoms with van der Waals surface area (Å²) in [6.45, 7) is 12.5. The second-order valence-electron chi connectivity index (χ2n) is 9.54. The fraction of sp³-hybridized carbons (Fsp3) is 0.947. The summed E-state index contributed by atoms with van der Waals surface area (Å²) in [6.07, 6.45) is 2.43. The molecular weight excluding hydrogens is 380 g/mol. The van der Waals surface area contributed by atoms with Gasteiger partial charge in [0.2, 0.25) is 0 Å². The number of hydroxylamine groups is 2. The molecule has 1 amide bonds. The van der Waals surface area contributed by atoms with Gasteiger partial charge in [0.1, 0.15) is 5.54 Å². The van der Waals surface area contributed by atoms with Gasteiger partial charge in [-0.15, -0.1) is 0 Å². The summed E-state index contributed by atoms with van der Waals surface area (Å²) < 4.78 is 18.6. The summed E-state index contributed by atoms with van der Waals surface area (Å²) in [7, 11) is -0.443. The molecule has 0 bridgehead atoms. The first-order valence-electron chi connectivity index (χ1n) is 10.3. The van der Waals surface area contributed by atoms with Crippen LogP contribution in [0.5, 0.6) is 0 Å². The molecule has 28 heavy (non-hydrogen) atoms. The molecule has 8 nitrogen and oxygen atoms in total. The Bertz CT molecular complexity index is 563. The predicted octanol–water partition coefficient (Wildman–Crippen LogP) is 2.36. The summed E-state index contributed by atoms with van der Waals surface area (Å²) in [6, 6.07) is 0. The smallest absolute Gasteiger partial charge is 0.251 e. The molecule has 0 aromatic carbocycles. The van der Waals surface area contributed by atoms with E-state index in [0.29, 0.717) is 19.6 Å². The molecule has 0 radical (unpaired) electrons. The summed E-state index contributed by atoms with van der Waals surface area (Å²) in [5, 5.41) is 4.19. The molecule has 3 rings (SSSR count). The normalized spacial score (nSPS) is 34.4. The third-order valence-corrected chi connectivity index (χ3v) is 11.0. The van der Waals surface area contributed by atoms with E-state index < -0.39 is 20.0 Å². The fourth-order valence-electron chi connectivity index (χ4n) is 3.61. The van der Waals surface area contributed by atoms with Crippen LogP contribution in [0.1, 0.15) is 46.5 Å². The van der Waals surface area contributed by atoms with Gasteiger partial charge in [-0.25, -0.2) is 0 Å². The second-order valence-corrected chi connectivity index (χ2v) is 14.3. The van der Waals surface area contributed by atoms with Crippen LogP contribution in [0.2, 0.25) is 18.1 Å². The zero-order valence-corrected chi connectivity index (χ0v) is 19.1. The number of rotatable bonds is 6. The number of nitrogens with zero attached hydrogens (tertiary/aromatic N) is 1. The van der Waals surface area contributed by atoms with E-state index >= 15 is 0 Å². The van der Waals surface area contributed by atoms with E-state index in [0.717, 1.165) is 25.9 Å². The molecule has 1 N–H and O–H groups in total. The molecule has 0 spiro atoms. The van der Waals surface area contributed by atoms with Crippen molar-refractivity contribution in [2.24, 2.45) is 0 Å². The third kappa shape index (κ3) is 4.30. The van der Waals surface area contributed by atoms with Crippen LogP contribution in [0, 0.1) is 0 Å².